The summed E-state index contributed by atoms with van der Waals surface area (Å²) in [5.41, 5.74) is 2.07. The molecule has 0 aliphatic heterocycles. The standard InChI is InChI=1S/C7H16N2O2S/c1-5(3-7(11)9-8)12-6(2)4-10/h5-6,10H,3-4,8H2,1-2H3,(H,9,11). The number of nitrogens with one attached hydrogen (secondary N) is 1. The second kappa shape index (κ2) is 6.28. The third kappa shape index (κ3) is 5.40. The maximum absolute atomic E-state index is 10.8. The molecule has 0 aromatic heterocycles. The molecule has 0 aromatic rings. The number of amides is 1. The first-order chi connectivity index (χ1) is 5.60. The van der Waals surface area contributed by atoms with E-state index in [0.717, 1.165) is 0 Å². The summed E-state index contributed by atoms with van der Waals surface area (Å²) in [5, 5.41) is 9.09. The Morgan fingerprint density at radius 1 is 1.58 bits per heavy atom. The topological polar surface area (TPSA) is 75.3 Å². The molecule has 0 fully saturated rings. The Hall–Kier alpha value is -0.260. The third-order valence-electron chi connectivity index (χ3n) is 1.36. The zero-order valence-corrected chi connectivity index (χ0v) is 8.23. The van der Waals surface area contributed by atoms with Crippen molar-refractivity contribution in [3.63, 3.8) is 0 Å². The summed E-state index contributed by atoms with van der Waals surface area (Å²) in [5.74, 6) is 4.76. The number of aliphatic hydroxyl groups excluding tert-OH is 1. The Morgan fingerprint density at radius 2 is 2.17 bits per heavy atom. The number of hydrogen-bond donors (Lipinski definition) is 3. The maximum Gasteiger partial charge on any atom is 0.234 e. The van der Waals surface area contributed by atoms with Crippen molar-refractivity contribution in [1.29, 1.82) is 0 Å². The molecule has 0 spiro atoms. The Balaban J connectivity index is 3.58. The summed E-state index contributed by atoms with van der Waals surface area (Å²) >= 11 is 1.58. The summed E-state index contributed by atoms with van der Waals surface area (Å²) < 4.78 is 0. The van der Waals surface area contributed by atoms with E-state index < -0.39 is 0 Å². The van der Waals surface area contributed by atoms with E-state index in [9.17, 15) is 4.79 Å². The van der Waals surface area contributed by atoms with Gasteiger partial charge in [-0.1, -0.05) is 13.8 Å². The van der Waals surface area contributed by atoms with Crippen molar-refractivity contribution in [2.45, 2.75) is 30.8 Å². The Morgan fingerprint density at radius 3 is 2.58 bits per heavy atom. The highest BCUT2D eigenvalue weighted by atomic mass is 32.2. The van der Waals surface area contributed by atoms with Crippen LogP contribution < -0.4 is 11.3 Å². The van der Waals surface area contributed by atoms with Gasteiger partial charge in [-0.05, 0) is 0 Å². The van der Waals surface area contributed by atoms with E-state index in [4.69, 9.17) is 10.9 Å². The van der Waals surface area contributed by atoms with Gasteiger partial charge < -0.3 is 5.11 Å². The molecule has 4 N–H and O–H groups in total. The minimum absolute atomic E-state index is 0.138. The first-order valence-corrected chi connectivity index (χ1v) is 4.80. The van der Waals surface area contributed by atoms with Crippen LogP contribution in [0.4, 0.5) is 0 Å². The van der Waals surface area contributed by atoms with E-state index in [1.54, 1.807) is 11.8 Å². The molecule has 0 aliphatic carbocycles. The fourth-order valence-electron chi connectivity index (χ4n) is 0.808. The van der Waals surface area contributed by atoms with Gasteiger partial charge in [0, 0.05) is 16.9 Å². The molecule has 1 amide bonds. The van der Waals surface area contributed by atoms with E-state index in [1.807, 2.05) is 13.8 Å². The van der Waals surface area contributed by atoms with Crippen LogP contribution in [0.5, 0.6) is 0 Å². The van der Waals surface area contributed by atoms with E-state index in [1.165, 1.54) is 0 Å². The molecule has 72 valence electrons. The molecule has 0 bridgehead atoms. The van der Waals surface area contributed by atoms with Crippen molar-refractivity contribution >= 4 is 17.7 Å². The first kappa shape index (κ1) is 11.7. The Bertz CT molecular complexity index is 143. The molecular weight excluding hydrogens is 176 g/mol. The van der Waals surface area contributed by atoms with Crippen LogP contribution >= 0.6 is 11.8 Å². The predicted octanol–water partition coefficient (Wildman–Crippen LogP) is -0.131. The average Bonchev–Trinajstić information content (AvgIpc) is 2.03. The summed E-state index contributed by atoms with van der Waals surface area (Å²) in [6, 6.07) is 0. The van der Waals surface area contributed by atoms with Gasteiger partial charge in [0.2, 0.25) is 5.91 Å². The van der Waals surface area contributed by atoms with E-state index >= 15 is 0 Å². The fraction of sp³-hybridized carbons (Fsp3) is 0.857. The number of hydrogen-bond acceptors (Lipinski definition) is 4. The fourth-order valence-corrected chi connectivity index (χ4v) is 1.93. The van der Waals surface area contributed by atoms with Crippen LogP contribution in [0.15, 0.2) is 0 Å². The number of aliphatic hydroxyl groups is 1. The SMILES string of the molecule is CC(CO)SC(C)CC(=O)NN. The lowest BCUT2D eigenvalue weighted by molar-refractivity contribution is -0.121. The van der Waals surface area contributed by atoms with Gasteiger partial charge in [-0.2, -0.15) is 11.8 Å². The predicted molar refractivity (Wildman–Crippen MR) is 50.5 cm³/mol. The molecule has 5 heteroatoms. The molecule has 0 radical (unpaired) electrons. The molecule has 12 heavy (non-hydrogen) atoms. The lowest BCUT2D eigenvalue weighted by Gasteiger charge is -2.13. The van der Waals surface area contributed by atoms with Gasteiger partial charge >= 0.3 is 0 Å². The molecular formula is C7H16N2O2S. The molecule has 0 aromatic carbocycles. The highest BCUT2D eigenvalue weighted by molar-refractivity contribution is 8.00. The molecule has 0 saturated heterocycles. The number of nitrogens with two attached hydrogens (primary N) is 1. The van der Waals surface area contributed by atoms with Crippen LogP contribution in [0.2, 0.25) is 0 Å². The zero-order valence-electron chi connectivity index (χ0n) is 7.41. The number of rotatable bonds is 5. The van der Waals surface area contributed by atoms with Crippen LogP contribution in [0, 0.1) is 0 Å². The van der Waals surface area contributed by atoms with Gasteiger partial charge in [0.15, 0.2) is 0 Å². The number of carbonyl (C=O) groups is 1. The quantitative estimate of drug-likeness (QED) is 0.322. The average molecular weight is 192 g/mol. The minimum atomic E-state index is -0.167. The second-order valence-electron chi connectivity index (χ2n) is 2.71. The van der Waals surface area contributed by atoms with Crippen molar-refractivity contribution in [3.05, 3.63) is 0 Å². The third-order valence-corrected chi connectivity index (χ3v) is 2.60. The first-order valence-electron chi connectivity index (χ1n) is 3.86. The van der Waals surface area contributed by atoms with Crippen molar-refractivity contribution in [2.24, 2.45) is 5.84 Å². The van der Waals surface area contributed by atoms with Gasteiger partial charge in [0.05, 0.1) is 6.61 Å². The molecule has 4 nitrogen and oxygen atoms in total. The number of hydrazine groups is 1. The zero-order chi connectivity index (χ0) is 9.56. The molecule has 0 heterocycles. The van der Waals surface area contributed by atoms with Gasteiger partial charge in [-0.15, -0.1) is 0 Å². The Labute approximate surface area is 76.9 Å². The van der Waals surface area contributed by atoms with Crippen LogP contribution in [-0.2, 0) is 4.79 Å². The van der Waals surface area contributed by atoms with E-state index in [-0.39, 0.29) is 23.0 Å². The number of thioether (sulfide) groups is 1. The van der Waals surface area contributed by atoms with Crippen LogP contribution in [0.1, 0.15) is 20.3 Å². The summed E-state index contributed by atoms with van der Waals surface area (Å²) in [4.78, 5) is 10.8. The van der Waals surface area contributed by atoms with Gasteiger partial charge in [-0.3, -0.25) is 10.2 Å². The van der Waals surface area contributed by atoms with Crippen LogP contribution in [0.3, 0.4) is 0 Å². The minimum Gasteiger partial charge on any atom is -0.395 e. The summed E-state index contributed by atoms with van der Waals surface area (Å²) in [7, 11) is 0. The lowest BCUT2D eigenvalue weighted by atomic mass is 10.3. The number of carbonyl (C=O) groups excluding carboxylic acids is 1. The monoisotopic (exact) mass is 192 g/mol. The smallest absolute Gasteiger partial charge is 0.234 e. The highest BCUT2D eigenvalue weighted by Crippen LogP contribution is 2.19. The van der Waals surface area contributed by atoms with Crippen molar-refractivity contribution in [1.82, 2.24) is 5.43 Å². The molecule has 0 saturated carbocycles. The van der Waals surface area contributed by atoms with Crippen molar-refractivity contribution < 1.29 is 9.90 Å². The van der Waals surface area contributed by atoms with Crippen molar-refractivity contribution in [3.8, 4) is 0 Å². The highest BCUT2D eigenvalue weighted by Gasteiger charge is 2.11. The summed E-state index contributed by atoms with van der Waals surface area (Å²) in [6.45, 7) is 3.99. The van der Waals surface area contributed by atoms with Crippen molar-refractivity contribution in [2.75, 3.05) is 6.61 Å². The van der Waals surface area contributed by atoms with Gasteiger partial charge in [0.1, 0.15) is 0 Å². The summed E-state index contributed by atoms with van der Waals surface area (Å²) in [6.07, 6.45) is 0.394. The van der Waals surface area contributed by atoms with E-state index in [0.29, 0.717) is 6.42 Å². The van der Waals surface area contributed by atoms with Crippen LogP contribution in [-0.4, -0.2) is 28.1 Å². The lowest BCUT2D eigenvalue weighted by Crippen LogP contribution is -2.32. The van der Waals surface area contributed by atoms with Crippen LogP contribution in [0.25, 0.3) is 0 Å². The second-order valence-corrected chi connectivity index (χ2v) is 4.59. The molecule has 2 unspecified atom stereocenters. The normalized spacial score (nSPS) is 15.3. The molecule has 2 atom stereocenters. The molecule has 0 aliphatic rings. The molecule has 0 rings (SSSR count). The largest absolute Gasteiger partial charge is 0.395 e. The van der Waals surface area contributed by atoms with Gasteiger partial charge in [0.25, 0.3) is 0 Å². The maximum atomic E-state index is 10.8. The van der Waals surface area contributed by atoms with Gasteiger partial charge in [-0.25, -0.2) is 5.84 Å². The van der Waals surface area contributed by atoms with E-state index in [2.05, 4.69) is 5.43 Å². The Kier molecular flexibility index (Phi) is 6.14.